The topological polar surface area (TPSA) is 123 Å². The molecule has 2 aromatic carbocycles. The minimum atomic E-state index is -4.79. The fourth-order valence-corrected chi connectivity index (χ4v) is 5.52. The number of piperidine rings is 1. The number of alkyl halides is 3. The van der Waals surface area contributed by atoms with Crippen molar-refractivity contribution in [3.8, 4) is 22.8 Å². The normalized spacial score (nSPS) is 19.2. The smallest absolute Gasteiger partial charge is 0.429 e. The lowest BCUT2D eigenvalue weighted by Gasteiger charge is -2.39. The number of carbonyl (C=O) groups is 1. The zero-order chi connectivity index (χ0) is 29.4. The molecule has 2 aliphatic heterocycles. The Bertz CT molecular complexity index is 1410. The molecule has 9 nitrogen and oxygen atoms in total. The Balaban J connectivity index is 1.34. The van der Waals surface area contributed by atoms with E-state index in [1.165, 1.54) is 55.6 Å². The number of aromatic nitrogens is 2. The average molecular weight is 576 g/mol. The first kappa shape index (κ1) is 28.4. The molecule has 0 aliphatic carbocycles. The highest BCUT2D eigenvalue weighted by Gasteiger charge is 2.45. The highest BCUT2D eigenvalue weighted by Crippen LogP contribution is 2.42. The van der Waals surface area contributed by atoms with Gasteiger partial charge in [0.1, 0.15) is 23.4 Å². The van der Waals surface area contributed by atoms with Crippen LogP contribution in [0.4, 0.5) is 29.3 Å². The Kier molecular flexibility index (Phi) is 7.64. The lowest BCUT2D eigenvalue weighted by Crippen LogP contribution is -2.41. The SMILES string of the molecule is COc1ccc(F)cc1-c1ccc([C@@H](Oc2cc(N3CCC4(CC3)CNC(C(=O)O)C4)nc(N)n2)C(F)(F)F)cc1. The molecule has 5 rings (SSSR count). The summed E-state index contributed by atoms with van der Waals surface area (Å²) < 4.78 is 67.0. The number of nitrogens with two attached hydrogens (primary N) is 1. The van der Waals surface area contributed by atoms with Gasteiger partial charge in [0.05, 0.1) is 7.11 Å². The van der Waals surface area contributed by atoms with Crippen LogP contribution in [0.5, 0.6) is 11.6 Å². The number of nitrogens with one attached hydrogen (secondary N) is 1. The molecule has 1 unspecified atom stereocenters. The van der Waals surface area contributed by atoms with Gasteiger partial charge in [-0.3, -0.25) is 4.79 Å². The highest BCUT2D eigenvalue weighted by molar-refractivity contribution is 5.74. The maximum Gasteiger partial charge on any atom is 0.429 e. The van der Waals surface area contributed by atoms with Crippen LogP contribution >= 0.6 is 0 Å². The van der Waals surface area contributed by atoms with Gasteiger partial charge in [-0.2, -0.15) is 23.1 Å². The number of nitrogens with zero attached hydrogens (tertiary/aromatic N) is 3. The van der Waals surface area contributed by atoms with Gasteiger partial charge in [-0.25, -0.2) is 4.39 Å². The minimum Gasteiger partial charge on any atom is -0.496 e. The van der Waals surface area contributed by atoms with Crippen molar-refractivity contribution in [3.05, 3.63) is 59.9 Å². The van der Waals surface area contributed by atoms with E-state index < -0.39 is 30.1 Å². The molecule has 218 valence electrons. The second-order valence-electron chi connectivity index (χ2n) is 10.4. The maximum atomic E-state index is 14.2. The minimum absolute atomic E-state index is 0.152. The van der Waals surface area contributed by atoms with E-state index in [0.717, 1.165) is 0 Å². The predicted octanol–water partition coefficient (Wildman–Crippen LogP) is 4.59. The number of hydrogen-bond acceptors (Lipinski definition) is 8. The Morgan fingerprint density at radius 1 is 1.15 bits per heavy atom. The molecule has 1 spiro atoms. The van der Waals surface area contributed by atoms with Crippen LogP contribution in [0.15, 0.2) is 48.5 Å². The molecule has 13 heteroatoms. The lowest BCUT2D eigenvalue weighted by molar-refractivity contribution is -0.198. The van der Waals surface area contributed by atoms with Crippen LogP contribution in [0.25, 0.3) is 11.1 Å². The molecule has 3 heterocycles. The van der Waals surface area contributed by atoms with Gasteiger partial charge in [-0.05, 0) is 48.4 Å². The zero-order valence-corrected chi connectivity index (χ0v) is 22.1. The number of methoxy groups -OCH3 is 1. The maximum absolute atomic E-state index is 14.2. The predicted molar refractivity (Wildman–Crippen MR) is 142 cm³/mol. The van der Waals surface area contributed by atoms with E-state index >= 15 is 0 Å². The van der Waals surface area contributed by atoms with Crippen molar-refractivity contribution in [2.24, 2.45) is 5.41 Å². The van der Waals surface area contributed by atoms with Crippen molar-refractivity contribution >= 4 is 17.7 Å². The van der Waals surface area contributed by atoms with E-state index in [1.807, 2.05) is 4.90 Å². The number of nitrogen functional groups attached to an aromatic ring is 1. The summed E-state index contributed by atoms with van der Waals surface area (Å²) in [6.07, 6.45) is -5.23. The Morgan fingerprint density at radius 3 is 2.46 bits per heavy atom. The van der Waals surface area contributed by atoms with Crippen LogP contribution in [-0.4, -0.2) is 60.0 Å². The molecule has 2 saturated heterocycles. The number of halogens is 4. The third-order valence-corrected chi connectivity index (χ3v) is 7.74. The van der Waals surface area contributed by atoms with Gasteiger partial charge in [-0.1, -0.05) is 24.3 Å². The van der Waals surface area contributed by atoms with Gasteiger partial charge in [-0.15, -0.1) is 0 Å². The molecule has 0 saturated carbocycles. The van der Waals surface area contributed by atoms with Crippen LogP contribution in [0.2, 0.25) is 0 Å². The quantitative estimate of drug-likeness (QED) is 0.347. The van der Waals surface area contributed by atoms with Crippen molar-refractivity contribution in [1.82, 2.24) is 15.3 Å². The Morgan fingerprint density at radius 2 is 1.85 bits per heavy atom. The standard InChI is InChI=1S/C28H29F4N5O4/c1-40-21-7-6-18(29)12-19(21)16-2-4-17(5-3-16)24(28(30,31)32)41-23-13-22(35-26(33)36-23)37-10-8-27(9-11-37)14-20(25(38)39)34-15-27/h2-7,12-13,20,24,34H,8-11,14-15H2,1H3,(H,38,39)(H2,33,35,36)/t20?,24-/m1/s1. The summed E-state index contributed by atoms with van der Waals surface area (Å²) in [5.41, 5.74) is 6.38. The molecule has 2 atom stereocenters. The van der Waals surface area contributed by atoms with Crippen molar-refractivity contribution in [2.75, 3.05) is 37.4 Å². The van der Waals surface area contributed by atoms with Gasteiger partial charge in [0.15, 0.2) is 0 Å². The molecule has 1 aromatic heterocycles. The highest BCUT2D eigenvalue weighted by atomic mass is 19.4. The van der Waals surface area contributed by atoms with Gasteiger partial charge in [0, 0.05) is 36.8 Å². The summed E-state index contributed by atoms with van der Waals surface area (Å²) in [5.74, 6) is -1.25. The van der Waals surface area contributed by atoms with E-state index in [4.69, 9.17) is 15.2 Å². The van der Waals surface area contributed by atoms with E-state index in [9.17, 15) is 27.5 Å². The Labute approximate surface area is 233 Å². The number of rotatable bonds is 7. The van der Waals surface area contributed by atoms with Crippen molar-refractivity contribution in [3.63, 3.8) is 0 Å². The molecule has 2 fully saturated rings. The lowest BCUT2D eigenvalue weighted by atomic mass is 9.76. The molecule has 3 aromatic rings. The number of hydrogen-bond donors (Lipinski definition) is 3. The molecule has 0 amide bonds. The van der Waals surface area contributed by atoms with E-state index in [-0.39, 0.29) is 22.8 Å². The summed E-state index contributed by atoms with van der Waals surface area (Å²) in [5, 5.41) is 12.4. The first-order valence-corrected chi connectivity index (χ1v) is 13.0. The molecular weight excluding hydrogens is 546 g/mol. The number of carboxylic acid groups (broad SMARTS) is 1. The summed E-state index contributed by atoms with van der Waals surface area (Å²) in [7, 11) is 1.42. The number of aliphatic carboxylic acids is 1. The number of ether oxygens (including phenoxy) is 2. The molecule has 4 N–H and O–H groups in total. The second-order valence-corrected chi connectivity index (χ2v) is 10.4. The first-order chi connectivity index (χ1) is 19.5. The van der Waals surface area contributed by atoms with Gasteiger partial charge >= 0.3 is 12.1 Å². The van der Waals surface area contributed by atoms with Gasteiger partial charge in [0.2, 0.25) is 17.9 Å². The summed E-state index contributed by atoms with van der Waals surface area (Å²) in [4.78, 5) is 21.3. The van der Waals surface area contributed by atoms with Crippen LogP contribution in [-0.2, 0) is 4.79 Å². The largest absolute Gasteiger partial charge is 0.496 e. The first-order valence-electron chi connectivity index (χ1n) is 13.0. The molecule has 0 bridgehead atoms. The van der Waals surface area contributed by atoms with E-state index in [2.05, 4.69) is 15.3 Å². The van der Waals surface area contributed by atoms with Gasteiger partial charge in [0.25, 0.3) is 0 Å². The molecule has 0 radical (unpaired) electrons. The Hall–Kier alpha value is -4.13. The van der Waals surface area contributed by atoms with E-state index in [0.29, 0.717) is 61.6 Å². The fourth-order valence-electron chi connectivity index (χ4n) is 5.52. The van der Waals surface area contributed by atoms with Crippen LogP contribution in [0, 0.1) is 11.2 Å². The van der Waals surface area contributed by atoms with E-state index in [1.54, 1.807) is 0 Å². The van der Waals surface area contributed by atoms with Gasteiger partial charge < -0.3 is 30.5 Å². The third-order valence-electron chi connectivity index (χ3n) is 7.74. The fraction of sp³-hybridized carbons (Fsp3) is 0.393. The molecule has 2 aliphatic rings. The van der Waals surface area contributed by atoms with Crippen LogP contribution in [0.1, 0.15) is 30.9 Å². The molecule has 41 heavy (non-hydrogen) atoms. The number of carboxylic acids is 1. The van der Waals surface area contributed by atoms with Crippen LogP contribution < -0.4 is 25.4 Å². The average Bonchev–Trinajstić information content (AvgIpc) is 3.35. The summed E-state index contributed by atoms with van der Waals surface area (Å²) in [6, 6.07) is 10.0. The van der Waals surface area contributed by atoms with Crippen molar-refractivity contribution < 1.29 is 36.9 Å². The summed E-state index contributed by atoms with van der Waals surface area (Å²) in [6.45, 7) is 1.64. The second kappa shape index (κ2) is 11.0. The number of benzene rings is 2. The van der Waals surface area contributed by atoms with Crippen molar-refractivity contribution in [2.45, 2.75) is 37.6 Å². The monoisotopic (exact) mass is 575 g/mol. The van der Waals surface area contributed by atoms with Crippen molar-refractivity contribution in [1.29, 1.82) is 0 Å². The summed E-state index contributed by atoms with van der Waals surface area (Å²) >= 11 is 0. The molecular formula is C28H29F4N5O4. The number of anilines is 2. The third kappa shape index (κ3) is 6.14. The zero-order valence-electron chi connectivity index (χ0n) is 22.1. The van der Waals surface area contributed by atoms with Crippen LogP contribution in [0.3, 0.4) is 0 Å².